The van der Waals surface area contributed by atoms with E-state index in [0.29, 0.717) is 0 Å². The first-order valence-electron chi connectivity index (χ1n) is 4.32. The minimum atomic E-state index is -0.551. The first kappa shape index (κ1) is 11.8. The largest absolute Gasteiger partial charge is 0.469 e. The Morgan fingerprint density at radius 1 is 1.67 bits per heavy atom. The summed E-state index contributed by atoms with van der Waals surface area (Å²) in [5, 5.41) is 1.11. The molecule has 1 saturated heterocycles. The molecule has 7 heteroatoms. The molecule has 0 saturated carbocycles. The van der Waals surface area contributed by atoms with Crippen LogP contribution in [0.3, 0.4) is 0 Å². The average Bonchev–Trinajstić information content (AvgIpc) is 2.59. The van der Waals surface area contributed by atoms with E-state index in [0.717, 1.165) is 5.01 Å². The molecule has 1 aliphatic heterocycles. The van der Waals surface area contributed by atoms with Crippen LogP contribution in [0, 0.1) is 5.92 Å². The van der Waals surface area contributed by atoms with Gasteiger partial charge in [0.25, 0.3) is 5.91 Å². The van der Waals surface area contributed by atoms with Gasteiger partial charge >= 0.3 is 5.97 Å². The molecule has 1 aliphatic rings. The Morgan fingerprint density at radius 2 is 2.33 bits per heavy atom. The van der Waals surface area contributed by atoms with Gasteiger partial charge < -0.3 is 4.74 Å². The van der Waals surface area contributed by atoms with Crippen molar-refractivity contribution >= 4 is 29.4 Å². The number of amides is 2. The van der Waals surface area contributed by atoms with E-state index in [2.05, 4.69) is 10.2 Å². The van der Waals surface area contributed by atoms with Gasteiger partial charge in [0.1, 0.15) is 5.88 Å². The molecule has 1 rings (SSSR count). The number of ether oxygens (including phenoxy) is 1. The lowest BCUT2D eigenvalue weighted by Crippen LogP contribution is -2.39. The number of nitrogens with one attached hydrogen (secondary N) is 1. The Hall–Kier alpha value is -1.30. The van der Waals surface area contributed by atoms with Crippen molar-refractivity contribution in [1.82, 2.24) is 10.4 Å². The van der Waals surface area contributed by atoms with E-state index in [-0.39, 0.29) is 24.8 Å². The second-order valence-electron chi connectivity index (χ2n) is 3.09. The van der Waals surface area contributed by atoms with Gasteiger partial charge in [-0.2, -0.15) is 0 Å². The van der Waals surface area contributed by atoms with Gasteiger partial charge in [-0.1, -0.05) is 0 Å². The molecular weight excluding hydrogens is 224 g/mol. The van der Waals surface area contributed by atoms with Crippen LogP contribution in [0.25, 0.3) is 0 Å². The summed E-state index contributed by atoms with van der Waals surface area (Å²) in [6.45, 7) is 0.152. The van der Waals surface area contributed by atoms with Crippen LogP contribution in [0.1, 0.15) is 6.42 Å². The summed E-state index contributed by atoms with van der Waals surface area (Å²) in [5.41, 5.74) is 2.34. The van der Waals surface area contributed by atoms with Crippen molar-refractivity contribution in [2.75, 3.05) is 19.5 Å². The Kier molecular flexibility index (Phi) is 3.90. The molecule has 0 bridgehead atoms. The predicted octanol–water partition coefficient (Wildman–Crippen LogP) is -0.722. The molecule has 15 heavy (non-hydrogen) atoms. The maximum absolute atomic E-state index is 11.3. The summed E-state index contributed by atoms with van der Waals surface area (Å²) < 4.78 is 4.43. The average molecular weight is 235 g/mol. The van der Waals surface area contributed by atoms with Crippen LogP contribution < -0.4 is 5.43 Å². The molecule has 1 heterocycles. The molecule has 2 amide bonds. The zero-order valence-electron chi connectivity index (χ0n) is 8.16. The quantitative estimate of drug-likeness (QED) is 0.517. The summed E-state index contributed by atoms with van der Waals surface area (Å²) in [7, 11) is 1.25. The van der Waals surface area contributed by atoms with Crippen molar-refractivity contribution in [3.63, 3.8) is 0 Å². The van der Waals surface area contributed by atoms with Gasteiger partial charge in [-0.05, 0) is 0 Å². The lowest BCUT2D eigenvalue weighted by molar-refractivity contribution is -0.143. The number of alkyl halides is 1. The number of hydrogen-bond acceptors (Lipinski definition) is 4. The molecule has 0 spiro atoms. The van der Waals surface area contributed by atoms with Crippen LogP contribution >= 0.6 is 11.6 Å². The van der Waals surface area contributed by atoms with Crippen molar-refractivity contribution in [2.45, 2.75) is 6.42 Å². The van der Waals surface area contributed by atoms with Gasteiger partial charge in [-0.15, -0.1) is 11.6 Å². The van der Waals surface area contributed by atoms with Crippen molar-refractivity contribution in [1.29, 1.82) is 0 Å². The van der Waals surface area contributed by atoms with Gasteiger partial charge in [0.15, 0.2) is 0 Å². The molecule has 1 fully saturated rings. The zero-order chi connectivity index (χ0) is 11.4. The monoisotopic (exact) mass is 234 g/mol. The van der Waals surface area contributed by atoms with E-state index in [9.17, 15) is 14.4 Å². The molecule has 0 aromatic carbocycles. The molecule has 0 radical (unpaired) electrons. The van der Waals surface area contributed by atoms with Gasteiger partial charge in [-0.3, -0.25) is 24.8 Å². The number of hydrazine groups is 1. The molecule has 0 unspecified atom stereocenters. The summed E-state index contributed by atoms with van der Waals surface area (Å²) in [6.07, 6.45) is -0.0333. The lowest BCUT2D eigenvalue weighted by Gasteiger charge is -2.12. The molecule has 1 N–H and O–H groups in total. The van der Waals surface area contributed by atoms with Crippen LogP contribution in [-0.4, -0.2) is 42.3 Å². The fourth-order valence-electron chi connectivity index (χ4n) is 1.25. The minimum Gasteiger partial charge on any atom is -0.469 e. The van der Waals surface area contributed by atoms with Crippen LogP contribution in [0.5, 0.6) is 0 Å². The number of esters is 1. The van der Waals surface area contributed by atoms with Crippen LogP contribution in [0.2, 0.25) is 0 Å². The lowest BCUT2D eigenvalue weighted by atomic mass is 10.1. The highest BCUT2D eigenvalue weighted by Crippen LogP contribution is 2.13. The van der Waals surface area contributed by atoms with Crippen LogP contribution in [-0.2, 0) is 19.1 Å². The normalized spacial score (nSPS) is 20.0. The Bertz CT molecular complexity index is 294. The Labute approximate surface area is 91.5 Å². The SMILES string of the molecule is COC(=O)C[C@@H]1CN(C(=O)CCl)NC1=O. The van der Waals surface area contributed by atoms with E-state index in [1.807, 2.05) is 0 Å². The highest BCUT2D eigenvalue weighted by molar-refractivity contribution is 6.27. The second-order valence-corrected chi connectivity index (χ2v) is 3.36. The van der Waals surface area contributed by atoms with E-state index >= 15 is 0 Å². The number of carbonyl (C=O) groups is 3. The third-order valence-electron chi connectivity index (χ3n) is 2.08. The third-order valence-corrected chi connectivity index (χ3v) is 2.30. The number of carbonyl (C=O) groups excluding carboxylic acids is 3. The molecule has 84 valence electrons. The first-order chi connectivity index (χ1) is 7.08. The third kappa shape index (κ3) is 2.82. The van der Waals surface area contributed by atoms with Crippen molar-refractivity contribution in [2.24, 2.45) is 5.92 Å². The maximum Gasteiger partial charge on any atom is 0.306 e. The molecule has 0 aromatic heterocycles. The Balaban J connectivity index is 2.53. The first-order valence-corrected chi connectivity index (χ1v) is 4.85. The van der Waals surface area contributed by atoms with E-state index < -0.39 is 17.8 Å². The molecule has 0 aromatic rings. The summed E-state index contributed by atoms with van der Waals surface area (Å²) in [6, 6.07) is 0. The molecule has 0 aliphatic carbocycles. The fourth-order valence-corrected chi connectivity index (χ4v) is 1.40. The molecule has 6 nitrogen and oxygen atoms in total. The van der Waals surface area contributed by atoms with Gasteiger partial charge in [0, 0.05) is 0 Å². The summed E-state index contributed by atoms with van der Waals surface area (Å²) >= 11 is 5.33. The van der Waals surface area contributed by atoms with Crippen LogP contribution in [0.4, 0.5) is 0 Å². The Morgan fingerprint density at radius 3 is 2.87 bits per heavy atom. The molecular formula is C8H11ClN2O4. The standard InChI is InChI=1S/C8H11ClN2O4/c1-15-7(13)2-5-4-11(6(12)3-9)10-8(5)14/h5H,2-4H2,1H3,(H,10,14)/t5-/m1/s1. The minimum absolute atomic E-state index is 0.0333. The maximum atomic E-state index is 11.3. The van der Waals surface area contributed by atoms with Crippen molar-refractivity contribution < 1.29 is 19.1 Å². The van der Waals surface area contributed by atoms with Gasteiger partial charge in [-0.25, -0.2) is 0 Å². The van der Waals surface area contributed by atoms with Crippen molar-refractivity contribution in [3.05, 3.63) is 0 Å². The van der Waals surface area contributed by atoms with Gasteiger partial charge in [0.05, 0.1) is 26.0 Å². The van der Waals surface area contributed by atoms with E-state index in [1.165, 1.54) is 7.11 Å². The number of methoxy groups -OCH3 is 1. The smallest absolute Gasteiger partial charge is 0.306 e. The van der Waals surface area contributed by atoms with Gasteiger partial charge in [0.2, 0.25) is 5.91 Å². The second kappa shape index (κ2) is 4.97. The van der Waals surface area contributed by atoms with E-state index in [1.54, 1.807) is 0 Å². The van der Waals surface area contributed by atoms with Crippen LogP contribution in [0.15, 0.2) is 0 Å². The van der Waals surface area contributed by atoms with E-state index in [4.69, 9.17) is 11.6 Å². The zero-order valence-corrected chi connectivity index (χ0v) is 8.91. The number of nitrogens with zero attached hydrogens (tertiary/aromatic N) is 1. The number of hydrogen-bond donors (Lipinski definition) is 1. The topological polar surface area (TPSA) is 75.7 Å². The fraction of sp³-hybridized carbons (Fsp3) is 0.625. The highest BCUT2D eigenvalue weighted by Gasteiger charge is 2.34. The highest BCUT2D eigenvalue weighted by atomic mass is 35.5. The summed E-state index contributed by atoms with van der Waals surface area (Å²) in [5.74, 6) is -1.98. The van der Waals surface area contributed by atoms with Crippen molar-refractivity contribution in [3.8, 4) is 0 Å². The summed E-state index contributed by atoms with van der Waals surface area (Å²) in [4.78, 5) is 33.4. The predicted molar refractivity (Wildman–Crippen MR) is 50.7 cm³/mol. The number of rotatable bonds is 3. The number of halogens is 1. The molecule has 1 atom stereocenters.